The van der Waals surface area contributed by atoms with Crippen molar-refractivity contribution in [3.63, 3.8) is 0 Å². The number of rotatable bonds is 4. The first-order valence-corrected chi connectivity index (χ1v) is 8.61. The molecular weight excluding hydrogens is 254 g/mol. The second-order valence-electron chi connectivity index (χ2n) is 6.02. The molecule has 0 spiro atoms. The van der Waals surface area contributed by atoms with Crippen LogP contribution in [0.2, 0.25) is 0 Å². The van der Waals surface area contributed by atoms with Crippen molar-refractivity contribution in [2.24, 2.45) is 5.92 Å². The third-order valence-electron chi connectivity index (χ3n) is 4.72. The number of hydrogen-bond acceptors (Lipinski definition) is 4. The molecule has 4 heteroatoms. The largest absolute Gasteiger partial charge is 0.314 e. The van der Waals surface area contributed by atoms with Crippen molar-refractivity contribution in [3.8, 4) is 0 Å². The Labute approximate surface area is 120 Å². The average molecular weight is 279 g/mol. The lowest BCUT2D eigenvalue weighted by Crippen LogP contribution is -2.47. The SMILES string of the molecule is CC(NC1CCCC1C1CCCCN1)c1nccs1. The molecule has 1 aromatic heterocycles. The van der Waals surface area contributed by atoms with Crippen LogP contribution in [0.15, 0.2) is 11.6 Å². The minimum Gasteiger partial charge on any atom is -0.314 e. The molecule has 0 amide bonds. The Bertz CT molecular complexity index is 373. The van der Waals surface area contributed by atoms with Crippen LogP contribution in [0, 0.1) is 5.92 Å². The second kappa shape index (κ2) is 6.33. The summed E-state index contributed by atoms with van der Waals surface area (Å²) in [6, 6.07) is 1.82. The molecule has 2 heterocycles. The fourth-order valence-corrected chi connectivity index (χ4v) is 4.42. The Hall–Kier alpha value is -0.450. The summed E-state index contributed by atoms with van der Waals surface area (Å²) in [4.78, 5) is 4.44. The van der Waals surface area contributed by atoms with E-state index in [2.05, 4.69) is 27.9 Å². The van der Waals surface area contributed by atoms with E-state index < -0.39 is 0 Å². The van der Waals surface area contributed by atoms with Crippen molar-refractivity contribution >= 4 is 11.3 Å². The normalized spacial score (nSPS) is 33.4. The molecule has 0 radical (unpaired) electrons. The maximum Gasteiger partial charge on any atom is 0.109 e. The van der Waals surface area contributed by atoms with Gasteiger partial charge in [-0.1, -0.05) is 12.8 Å². The zero-order chi connectivity index (χ0) is 13.1. The fourth-order valence-electron chi connectivity index (χ4n) is 3.76. The third-order valence-corrected chi connectivity index (χ3v) is 5.68. The predicted molar refractivity (Wildman–Crippen MR) is 80.4 cm³/mol. The molecule has 0 bridgehead atoms. The molecule has 2 fully saturated rings. The van der Waals surface area contributed by atoms with E-state index in [1.54, 1.807) is 11.3 Å². The molecule has 1 aliphatic carbocycles. The predicted octanol–water partition coefficient (Wildman–Crippen LogP) is 3.10. The quantitative estimate of drug-likeness (QED) is 0.889. The van der Waals surface area contributed by atoms with Crippen LogP contribution in [-0.4, -0.2) is 23.6 Å². The third kappa shape index (κ3) is 3.18. The first kappa shape index (κ1) is 13.5. The van der Waals surface area contributed by atoms with Gasteiger partial charge in [-0.15, -0.1) is 11.3 Å². The van der Waals surface area contributed by atoms with Crippen LogP contribution in [0.5, 0.6) is 0 Å². The highest BCUT2D eigenvalue weighted by molar-refractivity contribution is 7.09. The molecule has 19 heavy (non-hydrogen) atoms. The Morgan fingerprint density at radius 2 is 2.26 bits per heavy atom. The zero-order valence-corrected chi connectivity index (χ0v) is 12.6. The molecule has 3 rings (SSSR count). The molecule has 0 aromatic carbocycles. The van der Waals surface area contributed by atoms with Crippen LogP contribution in [-0.2, 0) is 0 Å². The summed E-state index contributed by atoms with van der Waals surface area (Å²) in [6.45, 7) is 3.47. The number of thiazole rings is 1. The monoisotopic (exact) mass is 279 g/mol. The van der Waals surface area contributed by atoms with E-state index in [1.165, 1.54) is 50.1 Å². The summed E-state index contributed by atoms with van der Waals surface area (Å²) < 4.78 is 0. The highest BCUT2D eigenvalue weighted by Gasteiger charge is 2.34. The van der Waals surface area contributed by atoms with Crippen LogP contribution < -0.4 is 10.6 Å². The van der Waals surface area contributed by atoms with Crippen LogP contribution in [0.3, 0.4) is 0 Å². The van der Waals surface area contributed by atoms with Gasteiger partial charge in [0, 0.05) is 23.7 Å². The topological polar surface area (TPSA) is 37.0 Å². The van der Waals surface area contributed by atoms with Gasteiger partial charge in [0.05, 0.1) is 6.04 Å². The van der Waals surface area contributed by atoms with Crippen molar-refractivity contribution < 1.29 is 0 Å². The Morgan fingerprint density at radius 1 is 1.32 bits per heavy atom. The number of nitrogens with zero attached hydrogens (tertiary/aromatic N) is 1. The lowest BCUT2D eigenvalue weighted by molar-refractivity contribution is 0.248. The molecule has 3 nitrogen and oxygen atoms in total. The van der Waals surface area contributed by atoms with E-state index in [0.717, 1.165) is 12.0 Å². The van der Waals surface area contributed by atoms with E-state index in [1.807, 2.05) is 6.20 Å². The standard InChI is InChI=1S/C15H25N3S/c1-11(15-17-9-10-19-15)18-14-7-4-5-12(14)13-6-2-3-8-16-13/h9-14,16,18H,2-8H2,1H3. The van der Waals surface area contributed by atoms with Gasteiger partial charge in [0.25, 0.3) is 0 Å². The van der Waals surface area contributed by atoms with Gasteiger partial charge >= 0.3 is 0 Å². The van der Waals surface area contributed by atoms with Gasteiger partial charge in [-0.05, 0) is 45.1 Å². The van der Waals surface area contributed by atoms with Crippen molar-refractivity contribution in [2.45, 2.75) is 63.6 Å². The summed E-state index contributed by atoms with van der Waals surface area (Å²) in [5.74, 6) is 0.822. The molecule has 1 aromatic rings. The summed E-state index contributed by atoms with van der Waals surface area (Å²) in [7, 11) is 0. The van der Waals surface area contributed by atoms with Crippen molar-refractivity contribution in [1.29, 1.82) is 0 Å². The van der Waals surface area contributed by atoms with Crippen molar-refractivity contribution in [3.05, 3.63) is 16.6 Å². The molecule has 1 saturated heterocycles. The Kier molecular flexibility index (Phi) is 4.51. The number of aromatic nitrogens is 1. The van der Waals surface area contributed by atoms with E-state index in [-0.39, 0.29) is 0 Å². The Morgan fingerprint density at radius 3 is 3.00 bits per heavy atom. The van der Waals surface area contributed by atoms with Crippen LogP contribution in [0.4, 0.5) is 0 Å². The average Bonchev–Trinajstić information content (AvgIpc) is 3.11. The van der Waals surface area contributed by atoms with Crippen molar-refractivity contribution in [1.82, 2.24) is 15.6 Å². The minimum atomic E-state index is 0.397. The molecule has 1 saturated carbocycles. The first-order chi connectivity index (χ1) is 9.34. The van der Waals surface area contributed by atoms with Crippen molar-refractivity contribution in [2.75, 3.05) is 6.54 Å². The number of nitrogens with one attached hydrogen (secondary N) is 2. The van der Waals surface area contributed by atoms with E-state index in [4.69, 9.17) is 0 Å². The maximum atomic E-state index is 4.44. The second-order valence-corrected chi connectivity index (χ2v) is 6.94. The fraction of sp³-hybridized carbons (Fsp3) is 0.800. The minimum absolute atomic E-state index is 0.397. The Balaban J connectivity index is 1.59. The van der Waals surface area contributed by atoms with Crippen LogP contribution >= 0.6 is 11.3 Å². The molecular formula is C15H25N3S. The molecule has 2 aliphatic rings. The summed E-state index contributed by atoms with van der Waals surface area (Å²) >= 11 is 1.76. The van der Waals surface area contributed by atoms with Gasteiger partial charge in [0.2, 0.25) is 0 Å². The highest BCUT2D eigenvalue weighted by atomic mass is 32.1. The lowest BCUT2D eigenvalue weighted by Gasteiger charge is -2.34. The van der Waals surface area contributed by atoms with Gasteiger partial charge in [-0.25, -0.2) is 4.98 Å². The summed E-state index contributed by atoms with van der Waals surface area (Å²) in [5.41, 5.74) is 0. The lowest BCUT2D eigenvalue weighted by atomic mass is 9.88. The van der Waals surface area contributed by atoms with Gasteiger partial charge < -0.3 is 10.6 Å². The molecule has 1 aliphatic heterocycles. The molecule has 106 valence electrons. The van der Waals surface area contributed by atoms with Gasteiger partial charge in [0.15, 0.2) is 0 Å². The number of piperidine rings is 1. The van der Waals surface area contributed by atoms with E-state index in [9.17, 15) is 0 Å². The smallest absolute Gasteiger partial charge is 0.109 e. The zero-order valence-electron chi connectivity index (χ0n) is 11.8. The van der Waals surface area contributed by atoms with Gasteiger partial charge in [-0.2, -0.15) is 0 Å². The van der Waals surface area contributed by atoms with Crippen LogP contribution in [0.1, 0.15) is 56.5 Å². The van der Waals surface area contributed by atoms with Gasteiger partial charge in [-0.3, -0.25) is 0 Å². The maximum absolute atomic E-state index is 4.44. The highest BCUT2D eigenvalue weighted by Crippen LogP contribution is 2.33. The summed E-state index contributed by atoms with van der Waals surface area (Å²) in [5, 5.41) is 10.9. The molecule has 2 N–H and O–H groups in total. The van der Waals surface area contributed by atoms with E-state index >= 15 is 0 Å². The first-order valence-electron chi connectivity index (χ1n) is 7.73. The van der Waals surface area contributed by atoms with E-state index in [0.29, 0.717) is 12.1 Å². The van der Waals surface area contributed by atoms with Crippen LogP contribution in [0.25, 0.3) is 0 Å². The summed E-state index contributed by atoms with van der Waals surface area (Å²) in [6.07, 6.45) is 10.1. The number of hydrogen-bond donors (Lipinski definition) is 2. The molecule has 4 unspecified atom stereocenters. The molecule has 4 atom stereocenters. The van der Waals surface area contributed by atoms with Gasteiger partial charge in [0.1, 0.15) is 5.01 Å².